The molecule has 0 bridgehead atoms. The van der Waals surface area contributed by atoms with Gasteiger partial charge in [-0.1, -0.05) is 41.1 Å². The second-order valence-electron chi connectivity index (χ2n) is 4.72. The molecule has 0 aliphatic rings. The maximum Gasteiger partial charge on any atom is 0.241 e. The fourth-order valence-corrected chi connectivity index (χ4v) is 4.38. The number of benzene rings is 1. The molecule has 0 saturated heterocycles. The van der Waals surface area contributed by atoms with E-state index in [2.05, 4.69) is 20.7 Å². The lowest BCUT2D eigenvalue weighted by molar-refractivity contribution is 0.392. The van der Waals surface area contributed by atoms with E-state index in [0.29, 0.717) is 4.90 Å². The van der Waals surface area contributed by atoms with Crippen LogP contribution in [0.1, 0.15) is 32.3 Å². The summed E-state index contributed by atoms with van der Waals surface area (Å²) in [6, 6.07) is 7.03. The van der Waals surface area contributed by atoms with E-state index in [1.165, 1.54) is 0 Å². The fraction of sp³-hybridized carbons (Fsp3) is 0.538. The van der Waals surface area contributed by atoms with Crippen molar-refractivity contribution >= 4 is 26.0 Å². The second kappa shape index (κ2) is 6.17. The molecule has 18 heavy (non-hydrogen) atoms. The van der Waals surface area contributed by atoms with Gasteiger partial charge in [-0.15, -0.1) is 0 Å². The Hall–Kier alpha value is -0.390. The Morgan fingerprint density at radius 2 is 1.94 bits per heavy atom. The van der Waals surface area contributed by atoms with E-state index in [-0.39, 0.29) is 0 Å². The summed E-state index contributed by atoms with van der Waals surface area (Å²) in [4.78, 5) is 0.360. The minimum absolute atomic E-state index is 0.360. The molecular formula is C13H20BrNO2S. The van der Waals surface area contributed by atoms with Crippen LogP contribution in [0.25, 0.3) is 0 Å². The van der Waals surface area contributed by atoms with Crippen molar-refractivity contribution in [2.45, 2.75) is 44.0 Å². The van der Waals surface area contributed by atoms with E-state index in [0.717, 1.165) is 23.7 Å². The normalized spacial score (nSPS) is 15.3. The number of halogens is 1. The quantitative estimate of drug-likeness (QED) is 0.812. The summed E-state index contributed by atoms with van der Waals surface area (Å²) in [5, 5.41) is 0.771. The first-order valence-electron chi connectivity index (χ1n) is 6.00. The van der Waals surface area contributed by atoms with Crippen molar-refractivity contribution in [2.24, 2.45) is 0 Å². The Bertz CT molecular complexity index is 501. The molecule has 0 spiro atoms. The maximum absolute atomic E-state index is 12.4. The monoisotopic (exact) mass is 333 g/mol. The van der Waals surface area contributed by atoms with Crippen molar-refractivity contribution < 1.29 is 8.42 Å². The van der Waals surface area contributed by atoms with Crippen LogP contribution in [-0.2, 0) is 10.0 Å². The molecule has 0 aliphatic heterocycles. The number of aryl methyl sites for hydroxylation is 1. The third-order valence-corrected chi connectivity index (χ3v) is 5.39. The molecule has 0 fully saturated rings. The highest BCUT2D eigenvalue weighted by molar-refractivity contribution is 9.09. The van der Waals surface area contributed by atoms with Gasteiger partial charge in [-0.3, -0.25) is 0 Å². The Morgan fingerprint density at radius 1 is 1.33 bits per heavy atom. The predicted molar refractivity (Wildman–Crippen MR) is 78.6 cm³/mol. The summed E-state index contributed by atoms with van der Waals surface area (Å²) in [7, 11) is -3.45. The fourth-order valence-electron chi connectivity index (χ4n) is 1.75. The van der Waals surface area contributed by atoms with Gasteiger partial charge in [0.2, 0.25) is 10.0 Å². The van der Waals surface area contributed by atoms with Gasteiger partial charge in [-0.2, -0.15) is 0 Å². The zero-order valence-corrected chi connectivity index (χ0v) is 13.4. The van der Waals surface area contributed by atoms with E-state index >= 15 is 0 Å². The van der Waals surface area contributed by atoms with Gasteiger partial charge in [-0.05, 0) is 38.3 Å². The second-order valence-corrected chi connectivity index (χ2v) is 7.17. The van der Waals surface area contributed by atoms with Gasteiger partial charge in [0.15, 0.2) is 0 Å². The van der Waals surface area contributed by atoms with Crippen LogP contribution in [0.5, 0.6) is 0 Å². The molecule has 0 aliphatic carbocycles. The van der Waals surface area contributed by atoms with Crippen LogP contribution in [0.3, 0.4) is 0 Å². The molecule has 0 aromatic heterocycles. The standard InChI is InChI=1S/C13H20BrNO2S/c1-4-13(3,9-10-14)15-18(16,17)12-8-6-5-7-11(12)2/h5-8,15H,4,9-10H2,1-3H3. The minimum atomic E-state index is -3.45. The van der Waals surface area contributed by atoms with Gasteiger partial charge in [-0.25, -0.2) is 13.1 Å². The van der Waals surface area contributed by atoms with Crippen LogP contribution in [0.4, 0.5) is 0 Å². The maximum atomic E-state index is 12.4. The van der Waals surface area contributed by atoms with Gasteiger partial charge in [0, 0.05) is 10.9 Å². The van der Waals surface area contributed by atoms with Crippen molar-refractivity contribution in [1.29, 1.82) is 0 Å². The minimum Gasteiger partial charge on any atom is -0.207 e. The van der Waals surface area contributed by atoms with Crippen LogP contribution >= 0.6 is 15.9 Å². The van der Waals surface area contributed by atoms with Crippen molar-refractivity contribution in [3.63, 3.8) is 0 Å². The lowest BCUT2D eigenvalue weighted by atomic mass is 9.98. The molecule has 0 radical (unpaired) electrons. The molecule has 1 rings (SSSR count). The summed E-state index contributed by atoms with van der Waals surface area (Å²) >= 11 is 3.37. The number of alkyl halides is 1. The van der Waals surface area contributed by atoms with Gasteiger partial charge in [0.1, 0.15) is 0 Å². The average molecular weight is 334 g/mol. The van der Waals surface area contributed by atoms with Crippen LogP contribution in [0.2, 0.25) is 0 Å². The molecule has 1 atom stereocenters. The SMILES string of the molecule is CCC(C)(CCBr)NS(=O)(=O)c1ccccc1C. The van der Waals surface area contributed by atoms with Gasteiger partial charge in [0.05, 0.1) is 4.90 Å². The summed E-state index contributed by atoms with van der Waals surface area (Å²) in [5.74, 6) is 0. The highest BCUT2D eigenvalue weighted by Crippen LogP contribution is 2.21. The van der Waals surface area contributed by atoms with Gasteiger partial charge >= 0.3 is 0 Å². The molecule has 0 heterocycles. The average Bonchev–Trinajstić information content (AvgIpc) is 2.29. The Labute approximate surface area is 118 Å². The van der Waals surface area contributed by atoms with Crippen molar-refractivity contribution in [2.75, 3.05) is 5.33 Å². The zero-order chi connectivity index (χ0) is 13.8. The molecule has 0 saturated carbocycles. The molecule has 3 nitrogen and oxygen atoms in total. The lowest BCUT2D eigenvalue weighted by Crippen LogP contribution is -2.45. The Kier molecular flexibility index (Phi) is 5.37. The zero-order valence-electron chi connectivity index (χ0n) is 11.0. The highest BCUT2D eigenvalue weighted by atomic mass is 79.9. The predicted octanol–water partition coefficient (Wildman–Crippen LogP) is 3.23. The third kappa shape index (κ3) is 3.80. The Morgan fingerprint density at radius 3 is 2.44 bits per heavy atom. The summed E-state index contributed by atoms with van der Waals surface area (Å²) < 4.78 is 27.6. The molecule has 5 heteroatoms. The van der Waals surface area contributed by atoms with Crippen molar-refractivity contribution in [1.82, 2.24) is 4.72 Å². The van der Waals surface area contributed by atoms with Crippen LogP contribution in [0.15, 0.2) is 29.2 Å². The number of sulfonamides is 1. The number of hydrogen-bond donors (Lipinski definition) is 1. The molecular weight excluding hydrogens is 314 g/mol. The molecule has 0 amide bonds. The lowest BCUT2D eigenvalue weighted by Gasteiger charge is -2.28. The first-order chi connectivity index (χ1) is 8.34. The third-order valence-electron chi connectivity index (χ3n) is 3.19. The van der Waals surface area contributed by atoms with Gasteiger partial charge in [0.25, 0.3) is 0 Å². The summed E-state index contributed by atoms with van der Waals surface area (Å²) in [6.07, 6.45) is 1.51. The number of hydrogen-bond acceptors (Lipinski definition) is 2. The van der Waals surface area contributed by atoms with E-state index in [4.69, 9.17) is 0 Å². The molecule has 1 unspecified atom stereocenters. The van der Waals surface area contributed by atoms with E-state index in [9.17, 15) is 8.42 Å². The van der Waals surface area contributed by atoms with Gasteiger partial charge < -0.3 is 0 Å². The molecule has 1 aromatic rings. The van der Waals surface area contributed by atoms with E-state index in [1.54, 1.807) is 12.1 Å². The van der Waals surface area contributed by atoms with Crippen LogP contribution in [-0.4, -0.2) is 19.3 Å². The van der Waals surface area contributed by atoms with E-state index in [1.807, 2.05) is 32.9 Å². The highest BCUT2D eigenvalue weighted by Gasteiger charge is 2.29. The molecule has 102 valence electrons. The summed E-state index contributed by atoms with van der Waals surface area (Å²) in [5.41, 5.74) is 0.354. The van der Waals surface area contributed by atoms with Crippen molar-refractivity contribution in [3.05, 3.63) is 29.8 Å². The summed E-state index contributed by atoms with van der Waals surface area (Å²) in [6.45, 7) is 5.73. The first kappa shape index (κ1) is 15.7. The number of rotatable bonds is 6. The van der Waals surface area contributed by atoms with Crippen LogP contribution < -0.4 is 4.72 Å². The molecule has 1 N–H and O–H groups in total. The van der Waals surface area contributed by atoms with E-state index < -0.39 is 15.6 Å². The largest absolute Gasteiger partial charge is 0.241 e. The van der Waals surface area contributed by atoms with Crippen molar-refractivity contribution in [3.8, 4) is 0 Å². The van der Waals surface area contributed by atoms with Crippen LogP contribution in [0, 0.1) is 6.92 Å². The molecule has 1 aromatic carbocycles. The number of nitrogens with one attached hydrogen (secondary N) is 1. The smallest absolute Gasteiger partial charge is 0.207 e. The Balaban J connectivity index is 3.06. The first-order valence-corrected chi connectivity index (χ1v) is 8.61. The topological polar surface area (TPSA) is 46.2 Å².